The molecule has 0 saturated carbocycles. The molecular weight excluding hydrogens is 208 g/mol. The third-order valence-electron chi connectivity index (χ3n) is 1.93. The van der Waals surface area contributed by atoms with Crippen LogP contribution in [0.5, 0.6) is 0 Å². The second kappa shape index (κ2) is 4.18. The van der Waals surface area contributed by atoms with Crippen molar-refractivity contribution in [1.29, 1.82) is 0 Å². The van der Waals surface area contributed by atoms with Crippen molar-refractivity contribution in [3.8, 4) is 0 Å². The summed E-state index contributed by atoms with van der Waals surface area (Å²) in [6, 6.07) is 0. The first-order valence-electron chi connectivity index (χ1n) is 4.84. The number of aromatic nitrogens is 4. The Morgan fingerprint density at radius 2 is 2.19 bits per heavy atom. The summed E-state index contributed by atoms with van der Waals surface area (Å²) < 4.78 is 4.88. The topological polar surface area (TPSA) is 77.9 Å². The molecule has 0 unspecified atom stereocenters. The fourth-order valence-corrected chi connectivity index (χ4v) is 1.28. The van der Waals surface area contributed by atoms with Crippen LogP contribution >= 0.6 is 0 Å². The Bertz CT molecular complexity index is 541. The fourth-order valence-electron chi connectivity index (χ4n) is 1.28. The van der Waals surface area contributed by atoms with E-state index < -0.39 is 5.97 Å². The molecule has 0 aliphatic rings. The molecule has 0 aliphatic heterocycles. The van der Waals surface area contributed by atoms with Crippen molar-refractivity contribution < 1.29 is 9.53 Å². The second-order valence-electron chi connectivity index (χ2n) is 3.13. The molecule has 0 spiro atoms. The van der Waals surface area contributed by atoms with Gasteiger partial charge < -0.3 is 4.74 Å². The number of ether oxygens (including phenoxy) is 1. The van der Waals surface area contributed by atoms with Crippen molar-refractivity contribution in [1.82, 2.24) is 19.9 Å². The zero-order chi connectivity index (χ0) is 11.5. The van der Waals surface area contributed by atoms with Gasteiger partial charge in [-0.2, -0.15) is 0 Å². The van der Waals surface area contributed by atoms with Gasteiger partial charge >= 0.3 is 5.97 Å². The van der Waals surface area contributed by atoms with Gasteiger partial charge in [0.1, 0.15) is 11.8 Å². The summed E-state index contributed by atoms with van der Waals surface area (Å²) in [6.07, 6.45) is 2.86. The lowest BCUT2D eigenvalue weighted by Crippen LogP contribution is -2.09. The van der Waals surface area contributed by atoms with Crippen LogP contribution in [0.15, 0.2) is 12.5 Å². The zero-order valence-corrected chi connectivity index (χ0v) is 8.97. The molecule has 6 heteroatoms. The number of carbonyl (C=O) groups is 1. The molecule has 0 bridgehead atoms. The van der Waals surface area contributed by atoms with E-state index in [4.69, 9.17) is 4.74 Å². The minimum Gasteiger partial charge on any atom is -0.461 e. The van der Waals surface area contributed by atoms with Gasteiger partial charge in [-0.15, -0.1) is 0 Å². The Hall–Kier alpha value is -2.11. The summed E-state index contributed by atoms with van der Waals surface area (Å²) in [5.74, 6) is -0.505. The van der Waals surface area contributed by atoms with Crippen LogP contribution in [0.3, 0.4) is 0 Å². The van der Waals surface area contributed by atoms with Crippen molar-refractivity contribution in [2.75, 3.05) is 6.61 Å². The van der Waals surface area contributed by atoms with Crippen LogP contribution in [0.25, 0.3) is 11.2 Å². The average molecular weight is 218 g/mol. The largest absolute Gasteiger partial charge is 0.461 e. The lowest BCUT2D eigenvalue weighted by molar-refractivity contribution is 0.0521. The fraction of sp³-hybridized carbons (Fsp3) is 0.300. The molecule has 0 atom stereocenters. The summed E-state index contributed by atoms with van der Waals surface area (Å²) in [4.78, 5) is 27.7. The number of aryl methyl sites for hydroxylation is 1. The Kier molecular flexibility index (Phi) is 2.72. The van der Waals surface area contributed by atoms with E-state index in [1.54, 1.807) is 20.0 Å². The maximum absolute atomic E-state index is 11.6. The molecule has 0 fully saturated rings. The van der Waals surface area contributed by atoms with E-state index in [-0.39, 0.29) is 5.69 Å². The number of rotatable bonds is 2. The zero-order valence-electron chi connectivity index (χ0n) is 8.97. The van der Waals surface area contributed by atoms with E-state index in [0.717, 1.165) is 0 Å². The van der Waals surface area contributed by atoms with Crippen LogP contribution in [-0.4, -0.2) is 32.5 Å². The van der Waals surface area contributed by atoms with Crippen LogP contribution in [0.2, 0.25) is 0 Å². The molecule has 0 aromatic carbocycles. The van der Waals surface area contributed by atoms with Crippen molar-refractivity contribution >= 4 is 17.1 Å². The maximum Gasteiger partial charge on any atom is 0.359 e. The first-order chi connectivity index (χ1) is 7.72. The van der Waals surface area contributed by atoms with Crippen molar-refractivity contribution in [2.24, 2.45) is 0 Å². The number of nitrogens with zero attached hydrogens (tertiary/aromatic N) is 4. The third kappa shape index (κ3) is 1.81. The summed E-state index contributed by atoms with van der Waals surface area (Å²) >= 11 is 0. The average Bonchev–Trinajstić information content (AvgIpc) is 2.28. The molecule has 0 N–H and O–H groups in total. The highest BCUT2D eigenvalue weighted by molar-refractivity contribution is 5.98. The smallest absolute Gasteiger partial charge is 0.359 e. The number of hydrogen-bond acceptors (Lipinski definition) is 6. The molecule has 0 amide bonds. The van der Waals surface area contributed by atoms with Gasteiger partial charge in [0.2, 0.25) is 0 Å². The lowest BCUT2D eigenvalue weighted by Gasteiger charge is -2.03. The van der Waals surface area contributed by atoms with Crippen LogP contribution < -0.4 is 0 Å². The second-order valence-corrected chi connectivity index (χ2v) is 3.13. The monoisotopic (exact) mass is 218 g/mol. The first kappa shape index (κ1) is 10.4. The van der Waals surface area contributed by atoms with Crippen LogP contribution in [-0.2, 0) is 4.74 Å². The molecule has 0 saturated heterocycles. The highest BCUT2D eigenvalue weighted by atomic mass is 16.5. The molecular formula is C10H10N4O2. The summed E-state index contributed by atoms with van der Waals surface area (Å²) in [5.41, 5.74) is 1.63. The SMILES string of the molecule is CCOC(=O)c1ncnc2ncc(C)nc12. The number of fused-ring (bicyclic) bond motifs is 1. The van der Waals surface area contributed by atoms with Crippen LogP contribution in [0.4, 0.5) is 0 Å². The number of hydrogen-bond donors (Lipinski definition) is 0. The molecule has 0 radical (unpaired) electrons. The molecule has 2 aromatic heterocycles. The van der Waals surface area contributed by atoms with Crippen molar-refractivity contribution in [3.05, 3.63) is 23.9 Å². The molecule has 2 heterocycles. The van der Waals surface area contributed by atoms with Crippen LogP contribution in [0, 0.1) is 6.92 Å². The Morgan fingerprint density at radius 1 is 1.38 bits per heavy atom. The normalized spacial score (nSPS) is 10.4. The predicted octanol–water partition coefficient (Wildman–Crippen LogP) is 0.905. The van der Waals surface area contributed by atoms with Gasteiger partial charge in [0.25, 0.3) is 0 Å². The lowest BCUT2D eigenvalue weighted by atomic mass is 10.3. The quantitative estimate of drug-likeness (QED) is 0.697. The third-order valence-corrected chi connectivity index (χ3v) is 1.93. The molecule has 82 valence electrons. The minimum atomic E-state index is -0.505. The van der Waals surface area contributed by atoms with E-state index in [2.05, 4.69) is 19.9 Å². The van der Waals surface area contributed by atoms with Gasteiger partial charge in [-0.25, -0.2) is 24.7 Å². The summed E-state index contributed by atoms with van der Waals surface area (Å²) in [5, 5.41) is 0. The Morgan fingerprint density at radius 3 is 2.94 bits per heavy atom. The molecule has 0 aliphatic carbocycles. The number of esters is 1. The van der Waals surface area contributed by atoms with E-state index in [9.17, 15) is 4.79 Å². The van der Waals surface area contributed by atoms with Gasteiger partial charge in [0, 0.05) is 0 Å². The minimum absolute atomic E-state index is 0.156. The highest BCUT2D eigenvalue weighted by Gasteiger charge is 2.15. The molecule has 16 heavy (non-hydrogen) atoms. The van der Waals surface area contributed by atoms with Gasteiger partial charge in [0.15, 0.2) is 11.3 Å². The summed E-state index contributed by atoms with van der Waals surface area (Å²) in [6.45, 7) is 3.82. The van der Waals surface area contributed by atoms with E-state index in [1.165, 1.54) is 6.33 Å². The van der Waals surface area contributed by atoms with E-state index >= 15 is 0 Å². The van der Waals surface area contributed by atoms with Gasteiger partial charge in [-0.3, -0.25) is 0 Å². The van der Waals surface area contributed by atoms with Crippen molar-refractivity contribution in [3.63, 3.8) is 0 Å². The maximum atomic E-state index is 11.6. The van der Waals surface area contributed by atoms with E-state index in [1.807, 2.05) is 0 Å². The van der Waals surface area contributed by atoms with Gasteiger partial charge in [-0.05, 0) is 13.8 Å². The summed E-state index contributed by atoms with van der Waals surface area (Å²) in [7, 11) is 0. The molecule has 6 nitrogen and oxygen atoms in total. The first-order valence-corrected chi connectivity index (χ1v) is 4.84. The number of carbonyl (C=O) groups excluding carboxylic acids is 1. The predicted molar refractivity (Wildman–Crippen MR) is 55.8 cm³/mol. The van der Waals surface area contributed by atoms with Gasteiger partial charge in [0.05, 0.1) is 18.5 Å². The standard InChI is InChI=1S/C10H10N4O2/c1-3-16-10(15)8-7-9(13-5-12-8)11-4-6(2)14-7/h4-5H,3H2,1-2H3. The Balaban J connectivity index is 2.60. The Labute approximate surface area is 91.7 Å². The molecule has 2 aromatic rings. The van der Waals surface area contributed by atoms with Crippen LogP contribution in [0.1, 0.15) is 23.1 Å². The highest BCUT2D eigenvalue weighted by Crippen LogP contribution is 2.11. The molecule has 2 rings (SSSR count). The van der Waals surface area contributed by atoms with Gasteiger partial charge in [-0.1, -0.05) is 0 Å². The van der Waals surface area contributed by atoms with E-state index in [0.29, 0.717) is 23.5 Å². The van der Waals surface area contributed by atoms with Crippen molar-refractivity contribution in [2.45, 2.75) is 13.8 Å².